The smallest absolute Gasteiger partial charge is 0.227 e. The van der Waals surface area contributed by atoms with Crippen LogP contribution in [0.5, 0.6) is 5.75 Å². The van der Waals surface area contributed by atoms with Crippen LogP contribution >= 0.6 is 0 Å². The molecule has 1 unspecified atom stereocenters. The van der Waals surface area contributed by atoms with Crippen LogP contribution in [0.3, 0.4) is 0 Å². The SMILES string of the molecule is COc1ccc(-c2noc(CCC(=O)NC(c3ccccc3)c3ccc(C)cc3)n2)cc1. The Labute approximate surface area is 187 Å². The van der Waals surface area contributed by atoms with Gasteiger partial charge in [-0.05, 0) is 42.3 Å². The molecule has 0 fully saturated rings. The van der Waals surface area contributed by atoms with Gasteiger partial charge >= 0.3 is 0 Å². The molecule has 162 valence electrons. The molecule has 0 radical (unpaired) electrons. The van der Waals surface area contributed by atoms with E-state index < -0.39 is 0 Å². The predicted molar refractivity (Wildman–Crippen MR) is 122 cm³/mol. The number of ether oxygens (including phenoxy) is 1. The maximum atomic E-state index is 12.8. The number of carbonyl (C=O) groups is 1. The van der Waals surface area contributed by atoms with E-state index in [1.165, 1.54) is 5.56 Å². The number of benzene rings is 3. The largest absolute Gasteiger partial charge is 0.497 e. The van der Waals surface area contributed by atoms with Crippen LogP contribution in [0.1, 0.15) is 35.0 Å². The molecule has 3 aromatic carbocycles. The van der Waals surface area contributed by atoms with Gasteiger partial charge in [-0.15, -0.1) is 0 Å². The van der Waals surface area contributed by atoms with Crippen molar-refractivity contribution in [2.75, 3.05) is 7.11 Å². The van der Waals surface area contributed by atoms with E-state index in [2.05, 4.69) is 27.6 Å². The van der Waals surface area contributed by atoms with Gasteiger partial charge in [0.25, 0.3) is 0 Å². The Kier molecular flexibility index (Phi) is 6.60. The van der Waals surface area contributed by atoms with Crippen LogP contribution in [0.15, 0.2) is 83.4 Å². The fourth-order valence-electron chi connectivity index (χ4n) is 3.43. The molecule has 1 N–H and O–H groups in total. The number of amides is 1. The lowest BCUT2D eigenvalue weighted by Gasteiger charge is -2.20. The minimum Gasteiger partial charge on any atom is -0.497 e. The first-order chi connectivity index (χ1) is 15.6. The van der Waals surface area contributed by atoms with Crippen LogP contribution in [-0.4, -0.2) is 23.2 Å². The summed E-state index contributed by atoms with van der Waals surface area (Å²) < 4.78 is 10.5. The number of nitrogens with one attached hydrogen (secondary N) is 1. The first-order valence-electron chi connectivity index (χ1n) is 10.5. The third-order valence-electron chi connectivity index (χ3n) is 5.23. The topological polar surface area (TPSA) is 77.2 Å². The normalized spacial score (nSPS) is 11.7. The predicted octanol–water partition coefficient (Wildman–Crippen LogP) is 4.89. The van der Waals surface area contributed by atoms with E-state index in [0.717, 1.165) is 22.4 Å². The molecule has 0 aliphatic rings. The lowest BCUT2D eigenvalue weighted by atomic mass is 9.97. The van der Waals surface area contributed by atoms with Gasteiger partial charge < -0.3 is 14.6 Å². The lowest BCUT2D eigenvalue weighted by Crippen LogP contribution is -2.29. The summed E-state index contributed by atoms with van der Waals surface area (Å²) in [6, 6.07) is 25.3. The van der Waals surface area contributed by atoms with Crippen LogP contribution in [0, 0.1) is 6.92 Å². The van der Waals surface area contributed by atoms with Gasteiger partial charge in [-0.25, -0.2) is 0 Å². The van der Waals surface area contributed by atoms with Crippen LogP contribution in [0.4, 0.5) is 0 Å². The summed E-state index contributed by atoms with van der Waals surface area (Å²) >= 11 is 0. The zero-order valence-corrected chi connectivity index (χ0v) is 18.1. The molecule has 1 atom stereocenters. The van der Waals surface area contributed by atoms with Crippen molar-refractivity contribution >= 4 is 5.91 Å². The maximum absolute atomic E-state index is 12.8. The molecule has 0 aliphatic heterocycles. The van der Waals surface area contributed by atoms with Crippen LogP contribution < -0.4 is 10.1 Å². The highest BCUT2D eigenvalue weighted by atomic mass is 16.5. The van der Waals surface area contributed by atoms with E-state index in [1.54, 1.807) is 7.11 Å². The van der Waals surface area contributed by atoms with Crippen molar-refractivity contribution < 1.29 is 14.1 Å². The molecule has 1 heterocycles. The molecule has 4 rings (SSSR count). The van der Waals surface area contributed by atoms with Crippen molar-refractivity contribution in [3.05, 3.63) is 101 Å². The van der Waals surface area contributed by atoms with E-state index in [9.17, 15) is 4.79 Å². The fraction of sp³-hybridized carbons (Fsp3) is 0.192. The first-order valence-corrected chi connectivity index (χ1v) is 10.5. The Bertz CT molecular complexity index is 1150. The van der Waals surface area contributed by atoms with E-state index in [1.807, 2.05) is 73.7 Å². The van der Waals surface area contributed by atoms with E-state index in [-0.39, 0.29) is 18.4 Å². The van der Waals surface area contributed by atoms with Crippen LogP contribution in [0.2, 0.25) is 0 Å². The van der Waals surface area contributed by atoms with Crippen LogP contribution in [0.25, 0.3) is 11.4 Å². The number of rotatable bonds is 8. The molecular weight excluding hydrogens is 402 g/mol. The third kappa shape index (κ3) is 5.21. The summed E-state index contributed by atoms with van der Waals surface area (Å²) in [5.74, 6) is 1.60. The van der Waals surface area contributed by atoms with Gasteiger partial charge in [-0.1, -0.05) is 65.3 Å². The number of aromatic nitrogens is 2. The van der Waals surface area contributed by atoms with Gasteiger partial charge in [0.15, 0.2) is 0 Å². The Morgan fingerprint density at radius 2 is 1.66 bits per heavy atom. The second kappa shape index (κ2) is 9.92. The molecule has 0 aliphatic carbocycles. The second-order valence-corrected chi connectivity index (χ2v) is 7.56. The molecule has 6 heteroatoms. The molecule has 6 nitrogen and oxygen atoms in total. The Hall–Kier alpha value is -3.93. The van der Waals surface area contributed by atoms with Crippen molar-refractivity contribution in [2.45, 2.75) is 25.8 Å². The summed E-state index contributed by atoms with van der Waals surface area (Å²) in [7, 11) is 1.62. The molecule has 4 aromatic rings. The highest BCUT2D eigenvalue weighted by Crippen LogP contribution is 2.23. The summed E-state index contributed by atoms with van der Waals surface area (Å²) in [6.45, 7) is 2.05. The van der Waals surface area contributed by atoms with Gasteiger partial charge in [0.2, 0.25) is 17.6 Å². The number of methoxy groups -OCH3 is 1. The average Bonchev–Trinajstić information content (AvgIpc) is 3.32. The Morgan fingerprint density at radius 1 is 0.969 bits per heavy atom. The standard InChI is InChI=1S/C26H25N3O3/c1-18-8-10-20(11-9-18)25(19-6-4-3-5-7-19)27-23(30)16-17-24-28-26(29-32-24)21-12-14-22(31-2)15-13-21/h3-15,25H,16-17H2,1-2H3,(H,27,30). The molecule has 32 heavy (non-hydrogen) atoms. The fourth-order valence-corrected chi connectivity index (χ4v) is 3.43. The van der Waals surface area contributed by atoms with Crippen molar-refractivity contribution in [1.29, 1.82) is 0 Å². The molecule has 0 saturated carbocycles. The summed E-state index contributed by atoms with van der Waals surface area (Å²) in [6.07, 6.45) is 0.615. The quantitative estimate of drug-likeness (QED) is 0.433. The second-order valence-electron chi connectivity index (χ2n) is 7.56. The number of aryl methyl sites for hydroxylation is 2. The third-order valence-corrected chi connectivity index (χ3v) is 5.23. The van der Waals surface area contributed by atoms with E-state index in [4.69, 9.17) is 9.26 Å². The van der Waals surface area contributed by atoms with E-state index in [0.29, 0.717) is 18.1 Å². The number of nitrogens with zero attached hydrogens (tertiary/aromatic N) is 2. The van der Waals surface area contributed by atoms with Gasteiger partial charge in [0, 0.05) is 18.4 Å². The number of carbonyl (C=O) groups excluding carboxylic acids is 1. The van der Waals surface area contributed by atoms with Crippen molar-refractivity contribution in [3.63, 3.8) is 0 Å². The lowest BCUT2D eigenvalue weighted by molar-refractivity contribution is -0.121. The highest BCUT2D eigenvalue weighted by Gasteiger charge is 2.18. The molecule has 0 bridgehead atoms. The Balaban J connectivity index is 1.41. The average molecular weight is 428 g/mol. The zero-order chi connectivity index (χ0) is 22.3. The van der Waals surface area contributed by atoms with E-state index >= 15 is 0 Å². The maximum Gasteiger partial charge on any atom is 0.227 e. The Morgan fingerprint density at radius 3 is 2.34 bits per heavy atom. The summed E-state index contributed by atoms with van der Waals surface area (Å²) in [4.78, 5) is 17.2. The molecule has 0 spiro atoms. The molecule has 1 aromatic heterocycles. The molecular formula is C26H25N3O3. The molecule has 1 amide bonds. The first kappa shape index (κ1) is 21.3. The monoisotopic (exact) mass is 427 g/mol. The van der Waals surface area contributed by atoms with Crippen molar-refractivity contribution in [3.8, 4) is 17.1 Å². The number of hydrogen-bond donors (Lipinski definition) is 1. The minimum atomic E-state index is -0.221. The van der Waals surface area contributed by atoms with Crippen LogP contribution in [-0.2, 0) is 11.2 Å². The summed E-state index contributed by atoms with van der Waals surface area (Å²) in [5.41, 5.74) is 4.07. The number of hydrogen-bond acceptors (Lipinski definition) is 5. The minimum absolute atomic E-state index is 0.0800. The van der Waals surface area contributed by atoms with Gasteiger partial charge in [-0.2, -0.15) is 4.98 Å². The highest BCUT2D eigenvalue weighted by molar-refractivity contribution is 5.77. The van der Waals surface area contributed by atoms with Crippen molar-refractivity contribution in [2.24, 2.45) is 0 Å². The molecule has 0 saturated heterocycles. The van der Waals surface area contributed by atoms with Gasteiger partial charge in [0.05, 0.1) is 13.2 Å². The van der Waals surface area contributed by atoms with Crippen molar-refractivity contribution in [1.82, 2.24) is 15.5 Å². The zero-order valence-electron chi connectivity index (χ0n) is 18.1. The van der Waals surface area contributed by atoms with Gasteiger partial charge in [-0.3, -0.25) is 4.79 Å². The van der Waals surface area contributed by atoms with Gasteiger partial charge in [0.1, 0.15) is 5.75 Å². The summed E-state index contributed by atoms with van der Waals surface area (Å²) in [5, 5.41) is 7.17.